The van der Waals surface area contributed by atoms with Crippen LogP contribution >= 0.6 is 0 Å². The van der Waals surface area contributed by atoms with Gasteiger partial charge in [-0.3, -0.25) is 4.90 Å². The number of ether oxygens (including phenoxy) is 1. The summed E-state index contributed by atoms with van der Waals surface area (Å²) in [6, 6.07) is 15.9. The fourth-order valence-corrected chi connectivity index (χ4v) is 2.89. The van der Waals surface area contributed by atoms with Gasteiger partial charge in [-0.05, 0) is 30.2 Å². The van der Waals surface area contributed by atoms with Crippen LogP contribution in [0.15, 0.2) is 54.9 Å². The molecule has 3 aromatic rings. The van der Waals surface area contributed by atoms with E-state index >= 15 is 0 Å². The summed E-state index contributed by atoms with van der Waals surface area (Å²) in [7, 11) is 0. The largest absolute Gasteiger partial charge is 0.447 e. The van der Waals surface area contributed by atoms with Gasteiger partial charge >= 0.3 is 6.09 Å². The Labute approximate surface area is 127 Å². The van der Waals surface area contributed by atoms with Crippen LogP contribution < -0.4 is 4.90 Å². The van der Waals surface area contributed by atoms with Crippen LogP contribution in [0.3, 0.4) is 0 Å². The molecule has 1 aliphatic rings. The number of amides is 1. The van der Waals surface area contributed by atoms with E-state index in [1.807, 2.05) is 36.4 Å². The highest BCUT2D eigenvalue weighted by atomic mass is 16.6. The zero-order chi connectivity index (χ0) is 14.9. The maximum atomic E-state index is 12.1. The second kappa shape index (κ2) is 5.18. The third-order valence-corrected chi connectivity index (χ3v) is 3.96. The summed E-state index contributed by atoms with van der Waals surface area (Å²) in [6.45, 7) is 0.411. The number of carbonyl (C=O) groups excluding carboxylic acids is 1. The molecule has 1 N–H and O–H groups in total. The zero-order valence-electron chi connectivity index (χ0n) is 11.9. The first-order chi connectivity index (χ1) is 10.8. The summed E-state index contributed by atoms with van der Waals surface area (Å²) in [5.41, 5.74) is 3.82. The van der Waals surface area contributed by atoms with Gasteiger partial charge in [0.15, 0.2) is 0 Å². The SMILES string of the molecule is O=C1OC[C@H](Cc2ccccc2)N1c1ccc2nc[nH]c2c1. The van der Waals surface area contributed by atoms with Gasteiger partial charge in [0.05, 0.1) is 23.4 Å². The molecule has 0 spiro atoms. The van der Waals surface area contributed by atoms with E-state index in [9.17, 15) is 4.79 Å². The number of hydrogen-bond acceptors (Lipinski definition) is 3. The average molecular weight is 293 g/mol. The number of nitrogens with one attached hydrogen (secondary N) is 1. The van der Waals surface area contributed by atoms with Crippen molar-refractivity contribution in [2.75, 3.05) is 11.5 Å². The Balaban J connectivity index is 1.66. The minimum Gasteiger partial charge on any atom is -0.447 e. The lowest BCUT2D eigenvalue weighted by Crippen LogP contribution is -2.35. The molecule has 1 saturated heterocycles. The van der Waals surface area contributed by atoms with Gasteiger partial charge < -0.3 is 9.72 Å². The number of anilines is 1. The van der Waals surface area contributed by atoms with Crippen molar-refractivity contribution in [2.45, 2.75) is 12.5 Å². The van der Waals surface area contributed by atoms with Crippen molar-refractivity contribution in [1.29, 1.82) is 0 Å². The number of hydrogen-bond donors (Lipinski definition) is 1. The second-order valence-corrected chi connectivity index (χ2v) is 5.39. The second-order valence-electron chi connectivity index (χ2n) is 5.39. The van der Waals surface area contributed by atoms with Crippen molar-refractivity contribution in [1.82, 2.24) is 9.97 Å². The Morgan fingerprint density at radius 2 is 2.09 bits per heavy atom. The van der Waals surface area contributed by atoms with Crippen LogP contribution in [-0.2, 0) is 11.2 Å². The molecule has 1 aliphatic heterocycles. The molecule has 0 saturated carbocycles. The Bertz CT molecular complexity index is 813. The first-order valence-corrected chi connectivity index (χ1v) is 7.24. The van der Waals surface area contributed by atoms with Crippen molar-refractivity contribution in [2.24, 2.45) is 0 Å². The van der Waals surface area contributed by atoms with Gasteiger partial charge in [0.25, 0.3) is 0 Å². The quantitative estimate of drug-likeness (QED) is 0.807. The van der Waals surface area contributed by atoms with Gasteiger partial charge in [0.2, 0.25) is 0 Å². The van der Waals surface area contributed by atoms with E-state index < -0.39 is 0 Å². The first-order valence-electron chi connectivity index (χ1n) is 7.24. The van der Waals surface area contributed by atoms with Crippen LogP contribution in [0.5, 0.6) is 0 Å². The number of H-pyrrole nitrogens is 1. The molecule has 0 radical (unpaired) electrons. The summed E-state index contributed by atoms with van der Waals surface area (Å²) in [4.78, 5) is 21.1. The number of rotatable bonds is 3. The molecule has 1 aromatic heterocycles. The molecule has 2 heterocycles. The van der Waals surface area contributed by atoms with Crippen molar-refractivity contribution in [3.05, 3.63) is 60.4 Å². The molecule has 0 bridgehead atoms. The molecular weight excluding hydrogens is 278 g/mol. The number of cyclic esters (lactones) is 1. The van der Waals surface area contributed by atoms with Crippen molar-refractivity contribution in [3.8, 4) is 0 Å². The standard InChI is InChI=1S/C17H15N3O2/c21-17-20(13-6-7-15-16(9-13)19-11-18-15)14(10-22-17)8-12-4-2-1-3-5-12/h1-7,9,11,14H,8,10H2,(H,18,19)/t14-/m0/s1. The summed E-state index contributed by atoms with van der Waals surface area (Å²) < 4.78 is 5.26. The number of nitrogens with zero attached hydrogens (tertiary/aromatic N) is 2. The van der Waals surface area contributed by atoms with Crippen LogP contribution in [0, 0.1) is 0 Å². The smallest absolute Gasteiger partial charge is 0.414 e. The molecule has 22 heavy (non-hydrogen) atoms. The first kappa shape index (κ1) is 12.9. The lowest BCUT2D eigenvalue weighted by atomic mass is 10.1. The Morgan fingerprint density at radius 3 is 2.95 bits per heavy atom. The number of fused-ring (bicyclic) bond motifs is 1. The van der Waals surface area contributed by atoms with Crippen molar-refractivity contribution >= 4 is 22.8 Å². The minimum atomic E-state index is -0.292. The minimum absolute atomic E-state index is 0.00951. The van der Waals surface area contributed by atoms with E-state index in [-0.39, 0.29) is 12.1 Å². The number of aromatic nitrogens is 2. The lowest BCUT2D eigenvalue weighted by molar-refractivity contribution is 0.178. The van der Waals surface area contributed by atoms with Crippen LogP contribution in [0.1, 0.15) is 5.56 Å². The topological polar surface area (TPSA) is 58.2 Å². The summed E-state index contributed by atoms with van der Waals surface area (Å²) in [5.74, 6) is 0. The molecule has 5 nitrogen and oxygen atoms in total. The highest BCUT2D eigenvalue weighted by molar-refractivity contribution is 5.93. The van der Waals surface area contributed by atoms with Crippen LogP contribution in [0.25, 0.3) is 11.0 Å². The van der Waals surface area contributed by atoms with Gasteiger partial charge in [0.1, 0.15) is 6.61 Å². The Kier molecular flexibility index (Phi) is 3.04. The highest BCUT2D eigenvalue weighted by Gasteiger charge is 2.34. The highest BCUT2D eigenvalue weighted by Crippen LogP contribution is 2.27. The van der Waals surface area contributed by atoms with Crippen molar-refractivity contribution in [3.63, 3.8) is 0 Å². The van der Waals surface area contributed by atoms with E-state index in [1.165, 1.54) is 5.56 Å². The lowest BCUT2D eigenvalue weighted by Gasteiger charge is -2.21. The number of carbonyl (C=O) groups is 1. The fourth-order valence-electron chi connectivity index (χ4n) is 2.89. The fraction of sp³-hybridized carbons (Fsp3) is 0.176. The van der Waals surface area contributed by atoms with E-state index in [0.717, 1.165) is 23.1 Å². The monoisotopic (exact) mass is 293 g/mol. The van der Waals surface area contributed by atoms with Crippen LogP contribution in [0.2, 0.25) is 0 Å². The molecule has 1 fully saturated rings. The zero-order valence-corrected chi connectivity index (χ0v) is 11.9. The number of benzene rings is 2. The van der Waals surface area contributed by atoms with Gasteiger partial charge in [0, 0.05) is 5.69 Å². The van der Waals surface area contributed by atoms with E-state index in [1.54, 1.807) is 11.2 Å². The molecule has 0 aliphatic carbocycles. The van der Waals surface area contributed by atoms with Gasteiger partial charge in [-0.15, -0.1) is 0 Å². The third kappa shape index (κ3) is 2.20. The van der Waals surface area contributed by atoms with Crippen LogP contribution in [-0.4, -0.2) is 28.7 Å². The van der Waals surface area contributed by atoms with E-state index in [4.69, 9.17) is 4.74 Å². The van der Waals surface area contributed by atoms with E-state index in [0.29, 0.717) is 6.61 Å². The molecule has 2 aromatic carbocycles. The molecule has 0 unspecified atom stereocenters. The van der Waals surface area contributed by atoms with Gasteiger partial charge in [-0.25, -0.2) is 9.78 Å². The molecule has 4 rings (SSSR count). The third-order valence-electron chi connectivity index (χ3n) is 3.96. The predicted molar refractivity (Wildman–Crippen MR) is 83.9 cm³/mol. The van der Waals surface area contributed by atoms with Gasteiger partial charge in [-0.1, -0.05) is 30.3 Å². The Morgan fingerprint density at radius 1 is 1.23 bits per heavy atom. The van der Waals surface area contributed by atoms with Crippen molar-refractivity contribution < 1.29 is 9.53 Å². The van der Waals surface area contributed by atoms with Gasteiger partial charge in [-0.2, -0.15) is 0 Å². The maximum absolute atomic E-state index is 12.1. The molecule has 1 atom stereocenters. The maximum Gasteiger partial charge on any atom is 0.414 e. The van der Waals surface area contributed by atoms with Crippen LogP contribution in [0.4, 0.5) is 10.5 Å². The summed E-state index contributed by atoms with van der Waals surface area (Å²) in [6.07, 6.45) is 2.13. The number of aromatic amines is 1. The molecule has 1 amide bonds. The summed E-state index contributed by atoms with van der Waals surface area (Å²) >= 11 is 0. The Hall–Kier alpha value is -2.82. The molecule has 110 valence electrons. The summed E-state index contributed by atoms with van der Waals surface area (Å²) in [5, 5.41) is 0. The average Bonchev–Trinajstić information content (AvgIpc) is 3.14. The molecule has 5 heteroatoms. The predicted octanol–water partition coefficient (Wildman–Crippen LogP) is 3.13. The van der Waals surface area contributed by atoms with E-state index in [2.05, 4.69) is 22.1 Å². The number of imidazole rings is 1. The normalized spacial score (nSPS) is 17.9. The molecular formula is C17H15N3O2.